The van der Waals surface area contributed by atoms with Gasteiger partial charge in [-0.05, 0) is 11.8 Å². The Morgan fingerprint density at radius 1 is 0.977 bits per heavy atom. The molecule has 1 fully saturated rings. The van der Waals surface area contributed by atoms with Gasteiger partial charge < -0.3 is 24.4 Å². The number of carbonyl (C=O) groups is 1. The van der Waals surface area contributed by atoms with Crippen molar-refractivity contribution >= 4 is 34.6 Å². The van der Waals surface area contributed by atoms with Gasteiger partial charge in [-0.2, -0.15) is 16.9 Å². The summed E-state index contributed by atoms with van der Waals surface area (Å²) in [6, 6.07) is 18.6. The first kappa shape index (κ1) is 39.3. The van der Waals surface area contributed by atoms with Gasteiger partial charge in [0.25, 0.3) is 5.56 Å². The molecule has 1 aromatic heterocycles. The van der Waals surface area contributed by atoms with E-state index in [1.165, 1.54) is 13.3 Å². The number of aromatic nitrogens is 2. The zero-order valence-corrected chi connectivity index (χ0v) is 26.8. The number of nitrogens with one attached hydrogen (secondary N) is 1. The number of H-pyrrole nitrogens is 1. The summed E-state index contributed by atoms with van der Waals surface area (Å²) in [5, 5.41) is 7.00. The highest BCUT2D eigenvalue weighted by Crippen LogP contribution is 2.60. The highest BCUT2D eigenvalue weighted by atomic mass is 32.1. The zero-order chi connectivity index (χ0) is 33.2. The number of phosphoric acid groups is 2. The van der Waals surface area contributed by atoms with E-state index in [2.05, 4.69) is 21.9 Å². The van der Waals surface area contributed by atoms with Crippen molar-refractivity contribution in [1.29, 1.82) is 0 Å². The van der Waals surface area contributed by atoms with E-state index in [9.17, 15) is 33.3 Å². The van der Waals surface area contributed by atoms with Crippen LogP contribution in [0.1, 0.15) is 28.6 Å². The SMILES string of the molecule is CO.CO[C@H]1C[C@@H](COP(=O)(O)OP(=O)(O)OCc2ccccc2)OC1n1ccc(=O)[nH]c1=O.CS.O=Cc1ccccc1. The summed E-state index contributed by atoms with van der Waals surface area (Å²) >= 11 is 3.53. The van der Waals surface area contributed by atoms with Gasteiger partial charge in [0, 0.05) is 38.5 Å². The average Bonchev–Trinajstić information content (AvgIpc) is 3.45. The Kier molecular flexibility index (Phi) is 18.2. The molecule has 244 valence electrons. The van der Waals surface area contributed by atoms with Gasteiger partial charge in [-0.3, -0.25) is 28.2 Å². The fourth-order valence-corrected chi connectivity index (χ4v) is 5.61. The highest BCUT2D eigenvalue weighted by molar-refractivity contribution is 7.79. The molecule has 18 heteroatoms. The molecule has 2 aromatic carbocycles. The molecule has 0 spiro atoms. The second-order valence-corrected chi connectivity index (χ2v) is 11.3. The third-order valence-corrected chi connectivity index (χ3v) is 7.96. The first-order valence-corrected chi connectivity index (χ1v) is 16.5. The number of aliphatic hydroxyl groups is 1. The normalized spacial score (nSPS) is 19.8. The van der Waals surface area contributed by atoms with Gasteiger partial charge in [0.15, 0.2) is 6.23 Å². The van der Waals surface area contributed by atoms with Crippen molar-refractivity contribution in [3.05, 3.63) is 105 Å². The molecule has 4 N–H and O–H groups in total. The number of hydrogen-bond donors (Lipinski definition) is 5. The van der Waals surface area contributed by atoms with E-state index in [0.717, 1.165) is 29.6 Å². The highest BCUT2D eigenvalue weighted by Gasteiger charge is 2.40. The predicted molar refractivity (Wildman–Crippen MR) is 163 cm³/mol. The average molecular weight is 679 g/mol. The lowest BCUT2D eigenvalue weighted by molar-refractivity contribution is -0.0620. The summed E-state index contributed by atoms with van der Waals surface area (Å²) in [4.78, 5) is 54.8. The molecule has 1 aliphatic rings. The molecule has 0 saturated carbocycles. The lowest BCUT2D eigenvalue weighted by Crippen LogP contribution is -2.35. The number of hydrogen-bond acceptors (Lipinski definition) is 12. The molecular weight excluding hydrogens is 642 g/mol. The third kappa shape index (κ3) is 13.9. The minimum Gasteiger partial charge on any atom is -0.400 e. The van der Waals surface area contributed by atoms with Gasteiger partial charge >= 0.3 is 21.3 Å². The van der Waals surface area contributed by atoms with Gasteiger partial charge in [0.05, 0.1) is 19.3 Å². The first-order chi connectivity index (χ1) is 21.0. The Bertz CT molecular complexity index is 1460. The van der Waals surface area contributed by atoms with Crippen LogP contribution in [-0.4, -0.2) is 70.0 Å². The third-order valence-electron chi connectivity index (χ3n) is 5.38. The fraction of sp³-hybridized carbons (Fsp3) is 0.346. The number of aromatic amines is 1. The topological polar surface area (TPSA) is 213 Å². The van der Waals surface area contributed by atoms with Gasteiger partial charge in [0.2, 0.25) is 0 Å². The van der Waals surface area contributed by atoms with Crippen molar-refractivity contribution in [1.82, 2.24) is 9.55 Å². The maximum absolute atomic E-state index is 12.1. The Morgan fingerprint density at radius 2 is 1.55 bits per heavy atom. The van der Waals surface area contributed by atoms with Gasteiger partial charge in [-0.25, -0.2) is 13.9 Å². The summed E-state index contributed by atoms with van der Waals surface area (Å²) in [6.45, 7) is -0.841. The van der Waals surface area contributed by atoms with E-state index in [1.807, 2.05) is 18.2 Å². The molecule has 3 unspecified atom stereocenters. The number of aldehydes is 1. The number of methoxy groups -OCH3 is 1. The Morgan fingerprint density at radius 3 is 2.07 bits per heavy atom. The molecule has 5 atom stereocenters. The minimum absolute atomic E-state index is 0.161. The molecule has 0 bridgehead atoms. The molecule has 3 aromatic rings. The van der Waals surface area contributed by atoms with Crippen LogP contribution in [0, 0.1) is 0 Å². The van der Waals surface area contributed by atoms with Crippen molar-refractivity contribution < 1.29 is 51.6 Å². The quantitative estimate of drug-likeness (QED) is 0.112. The van der Waals surface area contributed by atoms with Crippen LogP contribution in [0.15, 0.2) is 82.5 Å². The Hall–Kier alpha value is -2.72. The first-order valence-electron chi connectivity index (χ1n) is 12.6. The van der Waals surface area contributed by atoms with Crippen LogP contribution in [0.2, 0.25) is 0 Å². The molecule has 0 aliphatic carbocycles. The summed E-state index contributed by atoms with van der Waals surface area (Å²) in [5.74, 6) is 0. The van der Waals surface area contributed by atoms with Gasteiger partial charge in [-0.15, -0.1) is 0 Å². The largest absolute Gasteiger partial charge is 0.481 e. The van der Waals surface area contributed by atoms with Crippen LogP contribution in [0.4, 0.5) is 0 Å². The maximum Gasteiger partial charge on any atom is 0.481 e. The number of nitrogens with zero attached hydrogens (tertiary/aromatic N) is 1. The van der Waals surface area contributed by atoms with Crippen LogP contribution < -0.4 is 11.2 Å². The monoisotopic (exact) mass is 678 g/mol. The van der Waals surface area contributed by atoms with Crippen molar-refractivity contribution in [3.63, 3.8) is 0 Å². The summed E-state index contributed by atoms with van der Waals surface area (Å²) in [7, 11) is -7.53. The lowest BCUT2D eigenvalue weighted by Gasteiger charge is -2.19. The maximum atomic E-state index is 12.1. The van der Waals surface area contributed by atoms with Crippen LogP contribution in [0.25, 0.3) is 0 Å². The molecule has 2 heterocycles. The summed E-state index contributed by atoms with van der Waals surface area (Å²) in [5.41, 5.74) is -0.0292. The van der Waals surface area contributed by atoms with E-state index < -0.39 is 51.9 Å². The second kappa shape index (κ2) is 20.3. The lowest BCUT2D eigenvalue weighted by atomic mass is 10.2. The number of benzene rings is 2. The number of carbonyl (C=O) groups excluding carboxylic acids is 1. The Labute approximate surface area is 259 Å². The number of thiol groups is 1. The van der Waals surface area contributed by atoms with Crippen LogP contribution >= 0.6 is 28.3 Å². The molecular formula is C26H36N2O13P2S. The van der Waals surface area contributed by atoms with Crippen molar-refractivity contribution in [2.75, 3.05) is 27.1 Å². The van der Waals surface area contributed by atoms with Crippen LogP contribution in [0.3, 0.4) is 0 Å². The van der Waals surface area contributed by atoms with Gasteiger partial charge in [0.1, 0.15) is 12.4 Å². The van der Waals surface area contributed by atoms with E-state index in [1.54, 1.807) is 48.7 Å². The Balaban J connectivity index is 0.000000683. The predicted octanol–water partition coefficient (Wildman–Crippen LogP) is 2.94. The second-order valence-electron chi connectivity index (χ2n) is 8.28. The fourth-order valence-electron chi connectivity index (χ4n) is 3.53. The van der Waals surface area contributed by atoms with E-state index in [4.69, 9.17) is 23.6 Å². The van der Waals surface area contributed by atoms with Crippen molar-refractivity contribution in [2.45, 2.75) is 31.5 Å². The smallest absolute Gasteiger partial charge is 0.400 e. The number of aliphatic hydroxyl groups excluding tert-OH is 1. The number of rotatable bonds is 11. The molecule has 15 nitrogen and oxygen atoms in total. The zero-order valence-electron chi connectivity index (χ0n) is 24.1. The van der Waals surface area contributed by atoms with Gasteiger partial charge in [-0.1, -0.05) is 60.7 Å². The molecule has 4 rings (SSSR count). The molecule has 1 saturated heterocycles. The van der Waals surface area contributed by atoms with E-state index in [0.29, 0.717) is 5.56 Å². The molecule has 0 radical (unpaired) electrons. The van der Waals surface area contributed by atoms with Crippen LogP contribution in [-0.2, 0) is 38.6 Å². The molecule has 1 aliphatic heterocycles. The van der Waals surface area contributed by atoms with Crippen LogP contribution in [0.5, 0.6) is 0 Å². The number of phosphoric ester groups is 2. The number of ether oxygens (including phenoxy) is 2. The summed E-state index contributed by atoms with van der Waals surface area (Å²) < 4.78 is 49.9. The minimum atomic E-state index is -5.00. The summed E-state index contributed by atoms with van der Waals surface area (Å²) in [6.07, 6.45) is 1.52. The van der Waals surface area contributed by atoms with E-state index >= 15 is 0 Å². The van der Waals surface area contributed by atoms with Crippen molar-refractivity contribution in [3.8, 4) is 0 Å². The van der Waals surface area contributed by atoms with Crippen molar-refractivity contribution in [2.24, 2.45) is 0 Å². The molecule has 0 amide bonds. The van der Waals surface area contributed by atoms with E-state index in [-0.39, 0.29) is 13.0 Å². The molecule has 44 heavy (non-hydrogen) atoms. The standard InChI is InChI=1S/C17H22N2O11P2.C7H6O.CH4O.CH4S/c1-26-14-9-13(29-16(14)19-8-7-15(20)18-17(19)21)11-28-32(24,25)30-31(22,23)27-10-12-5-3-2-4-6-12;8-6-7-4-2-1-3-5-7;2*1-2/h2-8,13-14,16H,9-11H2,1H3,(H,22,23)(H,24,25)(H,18,20,21);1-6H;2*2H,1H3/t13-,14-,16?;;;/m0.../s1.